The van der Waals surface area contributed by atoms with E-state index in [4.69, 9.17) is 9.94 Å². The van der Waals surface area contributed by atoms with Crippen LogP contribution in [0, 0.1) is 5.82 Å². The van der Waals surface area contributed by atoms with Crippen molar-refractivity contribution in [1.29, 1.82) is 0 Å². The average molecular weight is 411 g/mol. The molecule has 2 aromatic carbocycles. The second-order valence-electron chi connectivity index (χ2n) is 6.55. The molecule has 0 bridgehead atoms. The number of amides is 2. The molecule has 1 aliphatic rings. The van der Waals surface area contributed by atoms with Crippen LogP contribution in [0.1, 0.15) is 16.7 Å². The molecular formula is C22H22FN3O4. The van der Waals surface area contributed by atoms with Gasteiger partial charge < -0.3 is 4.74 Å². The van der Waals surface area contributed by atoms with E-state index >= 15 is 0 Å². The highest BCUT2D eigenvalue weighted by atomic mass is 19.1. The number of rotatable bonds is 6. The molecule has 1 saturated heterocycles. The zero-order valence-electron chi connectivity index (χ0n) is 16.2. The summed E-state index contributed by atoms with van der Waals surface area (Å²) in [5, 5.41) is 10.3. The van der Waals surface area contributed by atoms with Crippen molar-refractivity contribution in [2.75, 3.05) is 26.3 Å². The van der Waals surface area contributed by atoms with Gasteiger partial charge in [-0.2, -0.15) is 0 Å². The van der Waals surface area contributed by atoms with Gasteiger partial charge in [0.25, 0.3) is 11.8 Å². The van der Waals surface area contributed by atoms with Crippen LogP contribution >= 0.6 is 0 Å². The first-order chi connectivity index (χ1) is 14.6. The van der Waals surface area contributed by atoms with E-state index in [1.54, 1.807) is 53.5 Å². The Bertz CT molecular complexity index is 951. The standard InChI is InChI=1S/C22H22FN3O4/c23-20-4-2-1-3-18(20)19(22(28)24-26-11-13-30-14-12-26)15-17-7-5-16(6-8-17)9-10-21(27)25-29/h1-10,15,29H,11-14H2,(H,24,28)(H,25,27)/b10-9+,19-15-. The lowest BCUT2D eigenvalue weighted by molar-refractivity contribution is -0.124. The van der Waals surface area contributed by atoms with Crippen LogP contribution in [0.2, 0.25) is 0 Å². The summed E-state index contributed by atoms with van der Waals surface area (Å²) in [7, 11) is 0. The van der Waals surface area contributed by atoms with Crippen molar-refractivity contribution in [3.63, 3.8) is 0 Å². The summed E-state index contributed by atoms with van der Waals surface area (Å²) in [6.07, 6.45) is 4.33. The molecule has 2 aromatic rings. The number of nitrogens with zero attached hydrogens (tertiary/aromatic N) is 1. The van der Waals surface area contributed by atoms with E-state index in [1.165, 1.54) is 23.7 Å². The Hall–Kier alpha value is -3.33. The van der Waals surface area contributed by atoms with Gasteiger partial charge in [-0.3, -0.25) is 20.2 Å². The molecule has 1 fully saturated rings. The predicted molar refractivity (Wildman–Crippen MR) is 110 cm³/mol. The third kappa shape index (κ3) is 5.84. The van der Waals surface area contributed by atoms with Crippen molar-refractivity contribution in [3.05, 3.63) is 77.1 Å². The molecule has 3 N–H and O–H groups in total. The normalized spacial score (nSPS) is 15.2. The van der Waals surface area contributed by atoms with Crippen LogP contribution in [0.5, 0.6) is 0 Å². The molecule has 1 aliphatic heterocycles. The number of halogens is 1. The van der Waals surface area contributed by atoms with Crippen molar-refractivity contribution in [3.8, 4) is 0 Å². The van der Waals surface area contributed by atoms with Crippen LogP contribution < -0.4 is 10.9 Å². The summed E-state index contributed by atoms with van der Waals surface area (Å²) < 4.78 is 19.7. The Kier molecular flexibility index (Phi) is 7.45. The number of carbonyl (C=O) groups excluding carboxylic acids is 2. The minimum atomic E-state index is -0.638. The van der Waals surface area contributed by atoms with Gasteiger partial charge in [0.05, 0.1) is 18.8 Å². The summed E-state index contributed by atoms with van der Waals surface area (Å²) in [4.78, 5) is 24.0. The molecule has 0 aromatic heterocycles. The van der Waals surface area contributed by atoms with E-state index in [1.807, 2.05) is 0 Å². The van der Waals surface area contributed by atoms with E-state index in [9.17, 15) is 14.0 Å². The van der Waals surface area contributed by atoms with Crippen molar-refractivity contribution in [2.45, 2.75) is 0 Å². The third-order valence-corrected chi connectivity index (χ3v) is 4.46. The van der Waals surface area contributed by atoms with Crippen LogP contribution in [-0.2, 0) is 14.3 Å². The summed E-state index contributed by atoms with van der Waals surface area (Å²) in [5.74, 6) is -1.54. The van der Waals surface area contributed by atoms with Gasteiger partial charge in [0.1, 0.15) is 5.82 Å². The maximum atomic E-state index is 14.4. The lowest BCUT2D eigenvalue weighted by atomic mass is 10.0. The number of nitrogens with one attached hydrogen (secondary N) is 2. The van der Waals surface area contributed by atoms with Gasteiger partial charge in [-0.1, -0.05) is 42.5 Å². The van der Waals surface area contributed by atoms with Crippen LogP contribution in [0.3, 0.4) is 0 Å². The quantitative estimate of drug-likeness (QED) is 0.294. The molecule has 0 saturated carbocycles. The van der Waals surface area contributed by atoms with Crippen molar-refractivity contribution in [1.82, 2.24) is 15.9 Å². The largest absolute Gasteiger partial charge is 0.379 e. The van der Waals surface area contributed by atoms with E-state index in [2.05, 4.69) is 5.43 Å². The molecule has 0 aliphatic carbocycles. The Morgan fingerprint density at radius 1 is 1.03 bits per heavy atom. The smallest absolute Gasteiger partial charge is 0.267 e. The van der Waals surface area contributed by atoms with Gasteiger partial charge in [-0.05, 0) is 29.3 Å². The fourth-order valence-electron chi connectivity index (χ4n) is 2.90. The molecular weight excluding hydrogens is 389 g/mol. The molecule has 2 amide bonds. The summed E-state index contributed by atoms with van der Waals surface area (Å²) in [6.45, 7) is 2.14. The van der Waals surface area contributed by atoms with Crippen molar-refractivity contribution in [2.24, 2.45) is 0 Å². The Morgan fingerprint density at radius 2 is 1.70 bits per heavy atom. The number of morpholine rings is 1. The number of hydrogen-bond acceptors (Lipinski definition) is 5. The molecule has 7 nitrogen and oxygen atoms in total. The van der Waals surface area contributed by atoms with Gasteiger partial charge >= 0.3 is 0 Å². The topological polar surface area (TPSA) is 90.9 Å². The van der Waals surface area contributed by atoms with Gasteiger partial charge in [-0.25, -0.2) is 14.9 Å². The van der Waals surface area contributed by atoms with Crippen LogP contribution in [0.4, 0.5) is 4.39 Å². The first kappa shape index (κ1) is 21.4. The van der Waals surface area contributed by atoms with Crippen LogP contribution in [0.25, 0.3) is 17.7 Å². The van der Waals surface area contributed by atoms with E-state index < -0.39 is 17.6 Å². The fourth-order valence-corrected chi connectivity index (χ4v) is 2.90. The lowest BCUT2D eigenvalue weighted by Gasteiger charge is -2.27. The molecule has 156 valence electrons. The molecule has 8 heteroatoms. The molecule has 3 rings (SSSR count). The highest BCUT2D eigenvalue weighted by molar-refractivity contribution is 6.24. The van der Waals surface area contributed by atoms with Crippen molar-refractivity contribution < 1.29 is 23.9 Å². The molecule has 1 heterocycles. The summed E-state index contributed by atoms with van der Waals surface area (Å²) >= 11 is 0. The zero-order chi connectivity index (χ0) is 21.3. The highest BCUT2D eigenvalue weighted by Crippen LogP contribution is 2.22. The average Bonchev–Trinajstić information content (AvgIpc) is 2.78. The van der Waals surface area contributed by atoms with E-state index in [0.29, 0.717) is 31.9 Å². The maximum absolute atomic E-state index is 14.4. The summed E-state index contributed by atoms with van der Waals surface area (Å²) in [6, 6.07) is 13.1. The number of ether oxygens (including phenoxy) is 1. The molecule has 0 unspecified atom stereocenters. The first-order valence-electron chi connectivity index (χ1n) is 9.39. The monoisotopic (exact) mass is 411 g/mol. The van der Waals surface area contributed by atoms with Crippen molar-refractivity contribution >= 4 is 29.5 Å². The van der Waals surface area contributed by atoms with Gasteiger partial charge in [-0.15, -0.1) is 0 Å². The van der Waals surface area contributed by atoms with Gasteiger partial charge in [0.2, 0.25) is 0 Å². The maximum Gasteiger partial charge on any atom is 0.267 e. The van der Waals surface area contributed by atoms with E-state index in [-0.39, 0.29) is 11.1 Å². The van der Waals surface area contributed by atoms with Crippen LogP contribution in [-0.4, -0.2) is 48.3 Å². The Morgan fingerprint density at radius 3 is 2.37 bits per heavy atom. The highest BCUT2D eigenvalue weighted by Gasteiger charge is 2.19. The SMILES string of the molecule is O=C(/C=C/c1ccc(/C=C(\C(=O)NN2CCOCC2)c2ccccc2F)cc1)NO. The Labute approximate surface area is 173 Å². The number of hydrogen-bond donors (Lipinski definition) is 3. The second-order valence-corrected chi connectivity index (χ2v) is 6.55. The molecule has 0 spiro atoms. The summed E-state index contributed by atoms with van der Waals surface area (Å²) in [5.41, 5.74) is 6.14. The van der Waals surface area contributed by atoms with Gasteiger partial charge in [0, 0.05) is 24.7 Å². The number of carbonyl (C=O) groups is 2. The van der Waals surface area contributed by atoms with Gasteiger partial charge in [0.15, 0.2) is 0 Å². The van der Waals surface area contributed by atoms with E-state index in [0.717, 1.165) is 5.56 Å². The number of hydrazine groups is 1. The number of benzene rings is 2. The first-order valence-corrected chi connectivity index (χ1v) is 9.39. The molecule has 0 radical (unpaired) electrons. The molecule has 30 heavy (non-hydrogen) atoms. The lowest BCUT2D eigenvalue weighted by Crippen LogP contribution is -2.48. The zero-order valence-corrected chi connectivity index (χ0v) is 16.2. The fraction of sp³-hybridized carbons (Fsp3) is 0.182. The van der Waals surface area contributed by atoms with Crippen LogP contribution in [0.15, 0.2) is 54.6 Å². The number of hydroxylamine groups is 1. The Balaban J connectivity index is 1.86. The minimum Gasteiger partial charge on any atom is -0.379 e. The second kappa shape index (κ2) is 10.4. The predicted octanol–water partition coefficient (Wildman–Crippen LogP) is 2.25. The third-order valence-electron chi connectivity index (χ3n) is 4.46. The minimum absolute atomic E-state index is 0.197. The molecule has 0 atom stereocenters.